The molecule has 2 fully saturated rings. The molecule has 2 heterocycles. The Morgan fingerprint density at radius 1 is 1.00 bits per heavy atom. The molecule has 0 atom stereocenters. The Morgan fingerprint density at radius 2 is 1.56 bits per heavy atom. The summed E-state index contributed by atoms with van der Waals surface area (Å²) in [6, 6.07) is 0.672. The van der Waals surface area contributed by atoms with Gasteiger partial charge in [-0.2, -0.15) is 0 Å². The molecular formula is C15H31N3. The molecule has 3 heteroatoms. The summed E-state index contributed by atoms with van der Waals surface area (Å²) in [6.07, 6.45) is 5.15. The first-order valence-electron chi connectivity index (χ1n) is 7.60. The Morgan fingerprint density at radius 3 is 2.11 bits per heavy atom. The SMILES string of the molecule is CC1(C)CC(NCC2CCNCC2)CC(C)(C)N1. The van der Waals surface area contributed by atoms with Crippen LogP contribution in [0, 0.1) is 5.92 Å². The highest BCUT2D eigenvalue weighted by Crippen LogP contribution is 2.28. The van der Waals surface area contributed by atoms with E-state index < -0.39 is 0 Å². The molecule has 0 aromatic carbocycles. The largest absolute Gasteiger partial charge is 0.317 e. The molecule has 2 saturated heterocycles. The van der Waals surface area contributed by atoms with Crippen molar-refractivity contribution in [3.05, 3.63) is 0 Å². The molecule has 3 N–H and O–H groups in total. The van der Waals surface area contributed by atoms with E-state index in [4.69, 9.17) is 0 Å². The van der Waals surface area contributed by atoms with Gasteiger partial charge in [0.2, 0.25) is 0 Å². The molecule has 0 amide bonds. The zero-order valence-corrected chi connectivity index (χ0v) is 12.6. The summed E-state index contributed by atoms with van der Waals surface area (Å²) < 4.78 is 0. The van der Waals surface area contributed by atoms with E-state index in [0.717, 1.165) is 5.92 Å². The summed E-state index contributed by atoms with van der Waals surface area (Å²) in [4.78, 5) is 0. The number of piperidine rings is 2. The van der Waals surface area contributed by atoms with Gasteiger partial charge < -0.3 is 16.0 Å². The monoisotopic (exact) mass is 253 g/mol. The first kappa shape index (κ1) is 14.3. The van der Waals surface area contributed by atoms with Crippen LogP contribution in [0.3, 0.4) is 0 Å². The lowest BCUT2D eigenvalue weighted by Crippen LogP contribution is -2.62. The third-order valence-corrected chi connectivity index (χ3v) is 4.34. The Hall–Kier alpha value is -0.120. The predicted molar refractivity (Wildman–Crippen MR) is 77.9 cm³/mol. The van der Waals surface area contributed by atoms with Crippen molar-refractivity contribution in [3.63, 3.8) is 0 Å². The van der Waals surface area contributed by atoms with E-state index in [2.05, 4.69) is 43.6 Å². The van der Waals surface area contributed by atoms with E-state index in [-0.39, 0.29) is 11.1 Å². The van der Waals surface area contributed by atoms with Crippen LogP contribution in [0.4, 0.5) is 0 Å². The standard InChI is InChI=1S/C15H31N3/c1-14(2)9-13(10-15(3,4)18-14)17-11-12-5-7-16-8-6-12/h12-13,16-18H,5-11H2,1-4H3. The van der Waals surface area contributed by atoms with Gasteiger partial charge in [-0.1, -0.05) is 0 Å². The van der Waals surface area contributed by atoms with Gasteiger partial charge in [-0.15, -0.1) is 0 Å². The molecule has 106 valence electrons. The van der Waals surface area contributed by atoms with Gasteiger partial charge in [-0.25, -0.2) is 0 Å². The third-order valence-electron chi connectivity index (χ3n) is 4.34. The second-order valence-electron chi connectivity index (χ2n) is 7.60. The van der Waals surface area contributed by atoms with E-state index in [1.807, 2.05) is 0 Å². The quantitative estimate of drug-likeness (QED) is 0.719. The number of hydrogen-bond donors (Lipinski definition) is 3. The Labute approximate surface area is 112 Å². The molecule has 0 unspecified atom stereocenters. The maximum Gasteiger partial charge on any atom is 0.0144 e. The molecule has 0 saturated carbocycles. The van der Waals surface area contributed by atoms with Crippen LogP contribution in [0.2, 0.25) is 0 Å². The molecular weight excluding hydrogens is 222 g/mol. The maximum atomic E-state index is 3.83. The molecule has 0 bridgehead atoms. The van der Waals surface area contributed by atoms with Crippen LogP contribution in [0.5, 0.6) is 0 Å². The first-order valence-corrected chi connectivity index (χ1v) is 7.60. The highest BCUT2D eigenvalue weighted by atomic mass is 15.1. The van der Waals surface area contributed by atoms with Crippen molar-refractivity contribution in [2.45, 2.75) is 70.5 Å². The van der Waals surface area contributed by atoms with Gasteiger partial charge in [-0.05, 0) is 78.9 Å². The van der Waals surface area contributed by atoms with Gasteiger partial charge in [0, 0.05) is 17.1 Å². The lowest BCUT2D eigenvalue weighted by atomic mass is 9.79. The summed E-state index contributed by atoms with van der Waals surface area (Å²) in [5.74, 6) is 0.882. The first-order chi connectivity index (χ1) is 8.36. The van der Waals surface area contributed by atoms with Crippen LogP contribution in [-0.4, -0.2) is 36.8 Å². The van der Waals surface area contributed by atoms with Crippen molar-refractivity contribution in [2.24, 2.45) is 5.92 Å². The second kappa shape index (κ2) is 5.48. The maximum absolute atomic E-state index is 3.83. The van der Waals surface area contributed by atoms with Crippen LogP contribution in [0.15, 0.2) is 0 Å². The summed E-state index contributed by atoms with van der Waals surface area (Å²) in [6.45, 7) is 12.9. The molecule has 3 nitrogen and oxygen atoms in total. The van der Waals surface area contributed by atoms with E-state index in [1.165, 1.54) is 45.3 Å². The molecule has 0 aliphatic carbocycles. The Bertz CT molecular complexity index is 251. The Balaban J connectivity index is 1.81. The highest BCUT2D eigenvalue weighted by Gasteiger charge is 2.37. The molecule has 2 aliphatic rings. The zero-order valence-electron chi connectivity index (χ0n) is 12.6. The van der Waals surface area contributed by atoms with E-state index in [1.54, 1.807) is 0 Å². The molecule has 0 radical (unpaired) electrons. The number of rotatable bonds is 3. The molecule has 18 heavy (non-hydrogen) atoms. The minimum atomic E-state index is 0.257. The fourth-order valence-electron chi connectivity index (χ4n) is 3.89. The van der Waals surface area contributed by atoms with Gasteiger partial charge in [0.15, 0.2) is 0 Å². The van der Waals surface area contributed by atoms with Crippen molar-refractivity contribution in [3.8, 4) is 0 Å². The van der Waals surface area contributed by atoms with Crippen LogP contribution >= 0.6 is 0 Å². The highest BCUT2D eigenvalue weighted by molar-refractivity contribution is 4.99. The Kier molecular flexibility index (Phi) is 4.35. The van der Waals surface area contributed by atoms with Gasteiger partial charge in [0.1, 0.15) is 0 Å². The van der Waals surface area contributed by atoms with E-state index in [0.29, 0.717) is 6.04 Å². The lowest BCUT2D eigenvalue weighted by Gasteiger charge is -2.47. The number of nitrogens with one attached hydrogen (secondary N) is 3. The molecule has 2 aliphatic heterocycles. The lowest BCUT2D eigenvalue weighted by molar-refractivity contribution is 0.142. The third kappa shape index (κ3) is 4.22. The average molecular weight is 253 g/mol. The van der Waals surface area contributed by atoms with Gasteiger partial charge in [0.05, 0.1) is 0 Å². The smallest absolute Gasteiger partial charge is 0.0144 e. The normalized spacial score (nSPS) is 29.3. The zero-order chi connectivity index (χ0) is 13.2. The predicted octanol–water partition coefficient (Wildman–Crippen LogP) is 1.88. The van der Waals surface area contributed by atoms with Crippen molar-refractivity contribution in [1.82, 2.24) is 16.0 Å². The molecule has 0 aromatic rings. The summed E-state index contributed by atoms with van der Waals surface area (Å²) in [5.41, 5.74) is 0.515. The van der Waals surface area contributed by atoms with Crippen LogP contribution in [0.25, 0.3) is 0 Å². The van der Waals surface area contributed by atoms with Crippen LogP contribution in [0.1, 0.15) is 53.4 Å². The minimum Gasteiger partial charge on any atom is -0.317 e. The molecule has 2 rings (SSSR count). The minimum absolute atomic E-state index is 0.257. The summed E-state index contributed by atoms with van der Waals surface area (Å²) >= 11 is 0. The van der Waals surface area contributed by atoms with Gasteiger partial charge in [0.25, 0.3) is 0 Å². The van der Waals surface area contributed by atoms with Crippen molar-refractivity contribution in [2.75, 3.05) is 19.6 Å². The molecule has 0 spiro atoms. The molecule has 0 aromatic heterocycles. The second-order valence-corrected chi connectivity index (χ2v) is 7.60. The fraction of sp³-hybridized carbons (Fsp3) is 1.00. The van der Waals surface area contributed by atoms with Gasteiger partial charge in [-0.3, -0.25) is 0 Å². The average Bonchev–Trinajstić information content (AvgIpc) is 2.24. The van der Waals surface area contributed by atoms with Crippen molar-refractivity contribution >= 4 is 0 Å². The summed E-state index contributed by atoms with van der Waals surface area (Å²) in [5, 5.41) is 11.0. The van der Waals surface area contributed by atoms with Gasteiger partial charge >= 0.3 is 0 Å². The summed E-state index contributed by atoms with van der Waals surface area (Å²) in [7, 11) is 0. The van der Waals surface area contributed by atoms with Crippen LogP contribution in [-0.2, 0) is 0 Å². The van der Waals surface area contributed by atoms with E-state index >= 15 is 0 Å². The van der Waals surface area contributed by atoms with Crippen molar-refractivity contribution < 1.29 is 0 Å². The fourth-order valence-corrected chi connectivity index (χ4v) is 3.89. The van der Waals surface area contributed by atoms with Crippen LogP contribution < -0.4 is 16.0 Å². The number of hydrogen-bond acceptors (Lipinski definition) is 3. The topological polar surface area (TPSA) is 36.1 Å². The van der Waals surface area contributed by atoms with E-state index in [9.17, 15) is 0 Å². The van der Waals surface area contributed by atoms with Crippen molar-refractivity contribution in [1.29, 1.82) is 0 Å².